The molecule has 146 valence electrons. The molecule has 3 rings (SSSR count). The number of aliphatic imine (C=N–C) groups is 1. The monoisotopic (exact) mass is 368 g/mol. The largest absolute Gasteiger partial charge is 0.476 e. The number of hydrazine groups is 1. The van der Waals surface area contributed by atoms with Crippen molar-refractivity contribution in [3.8, 4) is 0 Å². The summed E-state index contributed by atoms with van der Waals surface area (Å²) in [5.41, 5.74) is -0.0902. The van der Waals surface area contributed by atoms with Gasteiger partial charge in [-0.2, -0.15) is 0 Å². The van der Waals surface area contributed by atoms with Crippen LogP contribution in [0, 0.1) is 10.1 Å². The fourth-order valence-corrected chi connectivity index (χ4v) is 3.62. The van der Waals surface area contributed by atoms with Crippen LogP contribution in [0.3, 0.4) is 0 Å². The molecule has 0 aromatic rings. The Hall–Kier alpha value is -1.91. The summed E-state index contributed by atoms with van der Waals surface area (Å²) in [4.78, 5) is 20.1. The van der Waals surface area contributed by atoms with Crippen molar-refractivity contribution in [3.05, 3.63) is 21.7 Å². The molecule has 26 heavy (non-hydrogen) atoms. The number of rotatable bonds is 4. The second kappa shape index (κ2) is 8.19. The van der Waals surface area contributed by atoms with Crippen LogP contribution in [-0.4, -0.2) is 97.5 Å². The Morgan fingerprint density at radius 3 is 2.38 bits per heavy atom. The minimum absolute atomic E-state index is 0.0902. The van der Waals surface area contributed by atoms with E-state index in [0.29, 0.717) is 19.0 Å². The van der Waals surface area contributed by atoms with Gasteiger partial charge in [0.25, 0.3) is 5.88 Å². The minimum atomic E-state index is -0.399. The van der Waals surface area contributed by atoms with Crippen molar-refractivity contribution in [1.29, 1.82) is 0 Å². The number of amidine groups is 1. The zero-order valence-corrected chi connectivity index (χ0v) is 15.8. The number of likely N-dealkylation sites (N-methyl/N-ethyl adjacent to an activating group) is 1. The van der Waals surface area contributed by atoms with Gasteiger partial charge in [0.2, 0.25) is 5.84 Å². The average molecular weight is 368 g/mol. The third-order valence-electron chi connectivity index (χ3n) is 4.89. The highest BCUT2D eigenvalue weighted by molar-refractivity contribution is 5.96. The Labute approximate surface area is 153 Å². The standard InChI is InChI=1S/C16H28N6O4/c1-18(2)14-13(22(23)24)15(25-3)21(20-7-5-4-6-8-20)16(17-14)19-9-11-26-12-10-19/h16H,4-12H2,1-3H3. The first-order chi connectivity index (χ1) is 12.5. The average Bonchev–Trinajstić information content (AvgIpc) is 2.67. The molecule has 3 aliphatic rings. The van der Waals surface area contributed by atoms with E-state index in [-0.39, 0.29) is 17.9 Å². The molecule has 3 aliphatic heterocycles. The highest BCUT2D eigenvalue weighted by Crippen LogP contribution is 2.30. The maximum absolute atomic E-state index is 11.8. The molecule has 0 amide bonds. The SMILES string of the molecule is COC1=C([N+](=O)[O-])C(N(C)C)=NC(N2CCOCC2)N1N1CCCCC1. The highest BCUT2D eigenvalue weighted by atomic mass is 16.6. The second-order valence-corrected chi connectivity index (χ2v) is 6.82. The van der Waals surface area contributed by atoms with Gasteiger partial charge in [-0.15, -0.1) is 0 Å². The van der Waals surface area contributed by atoms with E-state index in [1.54, 1.807) is 19.0 Å². The van der Waals surface area contributed by atoms with Crippen LogP contribution in [0.4, 0.5) is 0 Å². The predicted molar refractivity (Wildman–Crippen MR) is 95.6 cm³/mol. The Kier molecular flexibility index (Phi) is 5.94. The van der Waals surface area contributed by atoms with Crippen LogP contribution in [0.25, 0.3) is 0 Å². The number of ether oxygens (including phenoxy) is 2. The molecule has 0 radical (unpaired) electrons. The first-order valence-corrected chi connectivity index (χ1v) is 9.08. The number of nitro groups is 1. The summed E-state index contributed by atoms with van der Waals surface area (Å²) in [5, 5.41) is 15.9. The van der Waals surface area contributed by atoms with Crippen LogP contribution < -0.4 is 0 Å². The van der Waals surface area contributed by atoms with Crippen LogP contribution in [-0.2, 0) is 9.47 Å². The zero-order valence-electron chi connectivity index (χ0n) is 15.8. The first kappa shape index (κ1) is 18.9. The molecule has 1 unspecified atom stereocenters. The minimum Gasteiger partial charge on any atom is -0.476 e. The molecule has 0 aromatic heterocycles. The fourth-order valence-electron chi connectivity index (χ4n) is 3.62. The molecule has 3 heterocycles. The molecule has 0 N–H and O–H groups in total. The quantitative estimate of drug-likeness (QED) is 0.520. The van der Waals surface area contributed by atoms with E-state index in [0.717, 1.165) is 39.0 Å². The maximum Gasteiger partial charge on any atom is 0.371 e. The molecule has 10 nitrogen and oxygen atoms in total. The van der Waals surface area contributed by atoms with Gasteiger partial charge in [0.1, 0.15) is 0 Å². The summed E-state index contributed by atoms with van der Waals surface area (Å²) < 4.78 is 11.1. The van der Waals surface area contributed by atoms with Crippen molar-refractivity contribution in [1.82, 2.24) is 19.8 Å². The van der Waals surface area contributed by atoms with Gasteiger partial charge < -0.3 is 14.4 Å². The summed E-state index contributed by atoms with van der Waals surface area (Å²) in [6.07, 6.45) is 2.92. The highest BCUT2D eigenvalue weighted by Gasteiger charge is 2.44. The second-order valence-electron chi connectivity index (χ2n) is 6.82. The van der Waals surface area contributed by atoms with Gasteiger partial charge in [0.05, 0.1) is 25.2 Å². The molecule has 2 fully saturated rings. The Bertz CT molecular complexity index is 581. The molecule has 10 heteroatoms. The van der Waals surface area contributed by atoms with Crippen molar-refractivity contribution in [2.75, 3.05) is 60.6 Å². The molecule has 0 bridgehead atoms. The molecule has 1 atom stereocenters. The van der Waals surface area contributed by atoms with Gasteiger partial charge in [-0.05, 0) is 12.8 Å². The Balaban J connectivity index is 2.05. The topological polar surface area (TPSA) is 86.9 Å². The van der Waals surface area contributed by atoms with Crippen molar-refractivity contribution in [2.24, 2.45) is 4.99 Å². The Morgan fingerprint density at radius 1 is 1.19 bits per heavy atom. The van der Waals surface area contributed by atoms with Gasteiger partial charge in [-0.25, -0.2) is 15.0 Å². The van der Waals surface area contributed by atoms with E-state index in [1.165, 1.54) is 13.5 Å². The lowest BCUT2D eigenvalue weighted by Gasteiger charge is -2.47. The molecular formula is C16H28N6O4. The lowest BCUT2D eigenvalue weighted by Crippen LogP contribution is -2.61. The van der Waals surface area contributed by atoms with Crippen molar-refractivity contribution in [2.45, 2.75) is 25.6 Å². The van der Waals surface area contributed by atoms with Gasteiger partial charge >= 0.3 is 5.70 Å². The number of piperidine rings is 1. The summed E-state index contributed by atoms with van der Waals surface area (Å²) in [6, 6.07) is 0. The molecule has 0 saturated carbocycles. The summed E-state index contributed by atoms with van der Waals surface area (Å²) in [5.74, 6) is 0.587. The lowest BCUT2D eigenvalue weighted by molar-refractivity contribution is -0.422. The van der Waals surface area contributed by atoms with Crippen LogP contribution in [0.2, 0.25) is 0 Å². The molecular weight excluding hydrogens is 340 g/mol. The normalized spacial score (nSPS) is 25.9. The van der Waals surface area contributed by atoms with Crippen LogP contribution in [0.1, 0.15) is 19.3 Å². The molecule has 0 spiro atoms. The zero-order chi connectivity index (χ0) is 18.7. The van der Waals surface area contributed by atoms with Crippen LogP contribution in [0.5, 0.6) is 0 Å². The molecule has 0 aliphatic carbocycles. The number of hydrogen-bond acceptors (Lipinski definition) is 9. The maximum atomic E-state index is 11.8. The number of methoxy groups -OCH3 is 1. The third-order valence-corrected chi connectivity index (χ3v) is 4.89. The van der Waals surface area contributed by atoms with Crippen molar-refractivity contribution >= 4 is 5.84 Å². The smallest absolute Gasteiger partial charge is 0.371 e. The van der Waals surface area contributed by atoms with Crippen LogP contribution in [0.15, 0.2) is 16.6 Å². The third kappa shape index (κ3) is 3.62. The van der Waals surface area contributed by atoms with Gasteiger partial charge in [-0.1, -0.05) is 6.42 Å². The van der Waals surface area contributed by atoms with E-state index in [9.17, 15) is 10.1 Å². The predicted octanol–water partition coefficient (Wildman–Crippen LogP) is 0.371. The van der Waals surface area contributed by atoms with Gasteiger partial charge in [-0.3, -0.25) is 15.0 Å². The fraction of sp³-hybridized carbons (Fsp3) is 0.812. The van der Waals surface area contributed by atoms with E-state index < -0.39 is 4.92 Å². The van der Waals surface area contributed by atoms with E-state index >= 15 is 0 Å². The van der Waals surface area contributed by atoms with Gasteiger partial charge in [0.15, 0.2) is 6.29 Å². The summed E-state index contributed by atoms with van der Waals surface area (Å²) in [6.45, 7) is 4.39. The van der Waals surface area contributed by atoms with E-state index in [1.807, 2.05) is 5.01 Å². The number of nitrogens with zero attached hydrogens (tertiary/aromatic N) is 6. The van der Waals surface area contributed by atoms with Crippen LogP contribution >= 0.6 is 0 Å². The Morgan fingerprint density at radius 2 is 1.85 bits per heavy atom. The number of hydrogen-bond donors (Lipinski definition) is 0. The van der Waals surface area contributed by atoms with E-state index in [4.69, 9.17) is 14.5 Å². The van der Waals surface area contributed by atoms with Crippen molar-refractivity contribution < 1.29 is 14.4 Å². The molecule has 0 aromatic carbocycles. The number of morpholine rings is 1. The van der Waals surface area contributed by atoms with Crippen molar-refractivity contribution in [3.63, 3.8) is 0 Å². The van der Waals surface area contributed by atoms with Gasteiger partial charge in [0, 0.05) is 40.3 Å². The first-order valence-electron chi connectivity index (χ1n) is 9.08. The summed E-state index contributed by atoms with van der Waals surface area (Å²) in [7, 11) is 5.02. The van der Waals surface area contributed by atoms with E-state index in [2.05, 4.69) is 9.91 Å². The summed E-state index contributed by atoms with van der Waals surface area (Å²) >= 11 is 0. The molecule has 2 saturated heterocycles. The lowest BCUT2D eigenvalue weighted by atomic mass is 10.1.